The second kappa shape index (κ2) is 17.4. The van der Waals surface area contributed by atoms with Gasteiger partial charge in [-0.3, -0.25) is 0 Å². The molecule has 0 radical (unpaired) electrons. The Morgan fingerprint density at radius 1 is 0.271 bits per heavy atom. The Morgan fingerprint density at radius 3 is 1.27 bits per heavy atom. The molecule has 0 saturated carbocycles. The van der Waals surface area contributed by atoms with Crippen LogP contribution >= 0.6 is 0 Å². The van der Waals surface area contributed by atoms with Gasteiger partial charge in [-0.1, -0.05) is 170 Å². The van der Waals surface area contributed by atoms with Crippen LogP contribution in [-0.4, -0.2) is 4.57 Å². The fourth-order valence-electron chi connectivity index (χ4n) is 10.2. The number of furan rings is 1. The van der Waals surface area contributed by atoms with Crippen molar-refractivity contribution in [1.82, 2.24) is 4.57 Å². The monoisotopic (exact) mass is 895 g/mol. The molecule has 0 N–H and O–H groups in total. The molecule has 11 aromatic carbocycles. The van der Waals surface area contributed by atoms with Gasteiger partial charge in [-0.15, -0.1) is 0 Å². The Hall–Kier alpha value is -9.38. The number of para-hydroxylation sites is 6. The van der Waals surface area contributed by atoms with E-state index in [0.717, 1.165) is 84.0 Å². The smallest absolute Gasteiger partial charge is 0.143 e. The van der Waals surface area contributed by atoms with Gasteiger partial charge in [0.15, 0.2) is 0 Å². The molecule has 0 atom stereocenters. The fourth-order valence-corrected chi connectivity index (χ4v) is 10.2. The van der Waals surface area contributed by atoms with Crippen LogP contribution in [-0.2, 0) is 0 Å². The molecule has 13 rings (SSSR count). The minimum atomic E-state index is 0.900. The average Bonchev–Trinajstić information content (AvgIpc) is 3.99. The van der Waals surface area contributed by atoms with Gasteiger partial charge in [0.05, 0.1) is 11.0 Å². The fraction of sp³-hybridized carbons (Fsp3) is 0. The molecule has 0 aliphatic carbocycles. The van der Waals surface area contributed by atoms with E-state index < -0.39 is 0 Å². The van der Waals surface area contributed by atoms with Crippen LogP contribution in [0.5, 0.6) is 0 Å². The molecule has 0 fully saturated rings. The highest BCUT2D eigenvalue weighted by atomic mass is 16.3. The van der Waals surface area contributed by atoms with Crippen molar-refractivity contribution in [3.05, 3.63) is 273 Å². The van der Waals surface area contributed by atoms with Crippen molar-refractivity contribution in [3.63, 3.8) is 0 Å². The Labute approximate surface area is 406 Å². The number of hydrogen-bond donors (Lipinski definition) is 0. The third kappa shape index (κ3) is 7.27. The van der Waals surface area contributed by atoms with Gasteiger partial charge in [0.2, 0.25) is 0 Å². The molecule has 2 aromatic heterocycles. The maximum atomic E-state index is 6.47. The summed E-state index contributed by atoms with van der Waals surface area (Å²) in [6.07, 6.45) is 0. The summed E-state index contributed by atoms with van der Waals surface area (Å²) >= 11 is 0. The first-order chi connectivity index (χ1) is 34.7. The van der Waals surface area contributed by atoms with E-state index in [1.54, 1.807) is 0 Å². The van der Waals surface area contributed by atoms with Gasteiger partial charge in [-0.2, -0.15) is 0 Å². The van der Waals surface area contributed by atoms with Crippen molar-refractivity contribution in [2.45, 2.75) is 0 Å². The maximum Gasteiger partial charge on any atom is 0.143 e. The molecule has 0 unspecified atom stereocenters. The largest absolute Gasteiger partial charge is 0.455 e. The molecule has 70 heavy (non-hydrogen) atoms. The lowest BCUT2D eigenvalue weighted by molar-refractivity contribution is 0.670. The molecule has 0 aliphatic heterocycles. The van der Waals surface area contributed by atoms with Crippen molar-refractivity contribution in [2.75, 3.05) is 9.80 Å². The number of anilines is 6. The Morgan fingerprint density at radius 2 is 0.686 bits per heavy atom. The molecule has 0 aliphatic rings. The Bertz CT molecular complexity index is 3910. The molecule has 330 valence electrons. The van der Waals surface area contributed by atoms with E-state index in [1.165, 1.54) is 32.9 Å². The van der Waals surface area contributed by atoms with Crippen LogP contribution in [0.4, 0.5) is 34.1 Å². The minimum absolute atomic E-state index is 0.900. The average molecular weight is 896 g/mol. The van der Waals surface area contributed by atoms with Gasteiger partial charge >= 0.3 is 0 Å². The zero-order valence-corrected chi connectivity index (χ0v) is 38.2. The van der Waals surface area contributed by atoms with E-state index in [0.29, 0.717) is 0 Å². The van der Waals surface area contributed by atoms with Crippen molar-refractivity contribution in [1.29, 1.82) is 0 Å². The summed E-state index contributed by atoms with van der Waals surface area (Å²) in [5, 5.41) is 4.67. The lowest BCUT2D eigenvalue weighted by Crippen LogP contribution is -2.10. The van der Waals surface area contributed by atoms with Crippen LogP contribution in [0, 0.1) is 0 Å². The predicted octanol–water partition coefficient (Wildman–Crippen LogP) is 18.6. The number of fused-ring (bicyclic) bond motifs is 6. The van der Waals surface area contributed by atoms with Crippen molar-refractivity contribution >= 4 is 77.9 Å². The quantitative estimate of drug-likeness (QED) is 0.137. The first-order valence-electron chi connectivity index (χ1n) is 23.8. The molecule has 4 heteroatoms. The first-order valence-corrected chi connectivity index (χ1v) is 23.8. The topological polar surface area (TPSA) is 24.6 Å². The molecule has 0 spiro atoms. The van der Waals surface area contributed by atoms with Crippen LogP contribution in [0.25, 0.3) is 82.8 Å². The van der Waals surface area contributed by atoms with E-state index in [2.05, 4.69) is 275 Å². The highest BCUT2D eigenvalue weighted by Gasteiger charge is 2.19. The summed E-state index contributed by atoms with van der Waals surface area (Å²) in [5.74, 6) is 0. The van der Waals surface area contributed by atoms with Crippen LogP contribution in [0.15, 0.2) is 277 Å². The van der Waals surface area contributed by atoms with Gasteiger partial charge in [-0.05, 0) is 131 Å². The highest BCUT2D eigenvalue weighted by molar-refractivity contribution is 6.11. The number of aromatic nitrogens is 1. The van der Waals surface area contributed by atoms with Crippen LogP contribution < -0.4 is 9.80 Å². The number of rotatable bonds is 10. The maximum absolute atomic E-state index is 6.47. The summed E-state index contributed by atoms with van der Waals surface area (Å²) < 4.78 is 8.83. The zero-order valence-electron chi connectivity index (χ0n) is 38.2. The Balaban J connectivity index is 0.847. The van der Waals surface area contributed by atoms with Gasteiger partial charge in [-0.25, -0.2) is 0 Å². The van der Waals surface area contributed by atoms with Crippen LogP contribution in [0.3, 0.4) is 0 Å². The van der Waals surface area contributed by atoms with Gasteiger partial charge in [0.25, 0.3) is 0 Å². The van der Waals surface area contributed by atoms with E-state index in [-0.39, 0.29) is 0 Å². The highest BCUT2D eigenvalue weighted by Crippen LogP contribution is 2.43. The zero-order chi connectivity index (χ0) is 46.4. The van der Waals surface area contributed by atoms with E-state index in [9.17, 15) is 0 Å². The third-order valence-corrected chi connectivity index (χ3v) is 13.6. The lowest BCUT2D eigenvalue weighted by Gasteiger charge is -2.26. The molecule has 0 saturated heterocycles. The standard InChI is InChI=1S/C66H45N3O/c1-4-15-51(16-5-1)67(52-17-6-2-7-18-52)54-37-31-48(32-38-54)46-27-29-47(30-28-46)49-33-39-55(40-34-49)68(56-41-35-50(36-42-56)58-23-14-24-61-60-22-11-13-26-65(60)70-66(58)61)57-43-44-64-62(45-57)59-21-10-12-25-63(59)69(64)53-19-8-3-9-20-53/h1-45H. The van der Waals surface area contributed by atoms with Gasteiger partial charge in [0.1, 0.15) is 11.2 Å². The van der Waals surface area contributed by atoms with E-state index in [4.69, 9.17) is 4.42 Å². The van der Waals surface area contributed by atoms with E-state index in [1.807, 2.05) is 12.1 Å². The second-order valence-corrected chi connectivity index (χ2v) is 17.7. The SMILES string of the molecule is c1ccc(N(c2ccccc2)c2ccc(-c3ccc(-c4ccc(N(c5ccc(-c6cccc7c6oc6ccccc67)cc5)c5ccc6c(c5)c5ccccc5n6-c5ccccc5)cc4)cc3)cc2)cc1. The summed E-state index contributed by atoms with van der Waals surface area (Å²) in [4.78, 5) is 4.66. The van der Waals surface area contributed by atoms with Gasteiger partial charge in [0, 0.05) is 66.9 Å². The Kier molecular flexibility index (Phi) is 10.1. The molecular formula is C66H45N3O. The molecule has 4 nitrogen and oxygen atoms in total. The van der Waals surface area contributed by atoms with E-state index >= 15 is 0 Å². The third-order valence-electron chi connectivity index (χ3n) is 13.6. The summed E-state index contributed by atoms with van der Waals surface area (Å²) in [6.45, 7) is 0. The summed E-state index contributed by atoms with van der Waals surface area (Å²) in [5.41, 5.74) is 18.7. The number of benzene rings is 11. The normalized spacial score (nSPS) is 11.4. The van der Waals surface area contributed by atoms with Gasteiger partial charge < -0.3 is 18.8 Å². The molecule has 2 heterocycles. The van der Waals surface area contributed by atoms with Crippen molar-refractivity contribution in [3.8, 4) is 39.1 Å². The molecular weight excluding hydrogens is 851 g/mol. The van der Waals surface area contributed by atoms with Crippen molar-refractivity contribution in [2.24, 2.45) is 0 Å². The summed E-state index contributed by atoms with van der Waals surface area (Å²) in [7, 11) is 0. The predicted molar refractivity (Wildman–Crippen MR) is 294 cm³/mol. The van der Waals surface area contributed by atoms with Crippen LogP contribution in [0.1, 0.15) is 0 Å². The minimum Gasteiger partial charge on any atom is -0.455 e. The molecule has 0 amide bonds. The first kappa shape index (κ1) is 40.9. The lowest BCUT2D eigenvalue weighted by atomic mass is 9.99. The molecule has 13 aromatic rings. The molecule has 0 bridgehead atoms. The number of nitrogens with zero attached hydrogens (tertiary/aromatic N) is 3. The van der Waals surface area contributed by atoms with Crippen LogP contribution in [0.2, 0.25) is 0 Å². The van der Waals surface area contributed by atoms with Crippen molar-refractivity contribution < 1.29 is 4.42 Å². The second-order valence-electron chi connectivity index (χ2n) is 17.7. The number of hydrogen-bond acceptors (Lipinski definition) is 3. The summed E-state index contributed by atoms with van der Waals surface area (Å²) in [6, 6.07) is 97.6.